The van der Waals surface area contributed by atoms with Crippen LogP contribution in [-0.4, -0.2) is 25.0 Å². The Morgan fingerprint density at radius 1 is 1.33 bits per heavy atom. The van der Waals surface area contributed by atoms with Crippen molar-refractivity contribution >= 4 is 27.7 Å². The molecule has 1 aromatic rings. The summed E-state index contributed by atoms with van der Waals surface area (Å²) in [6.45, 7) is 8.21. The number of rotatable bonds is 6. The number of ether oxygens (including phenoxy) is 1. The van der Waals surface area contributed by atoms with E-state index in [1.807, 2.05) is 11.8 Å². The second-order valence-corrected chi connectivity index (χ2v) is 7.20. The molecule has 1 aromatic carbocycles. The van der Waals surface area contributed by atoms with Gasteiger partial charge in [0.2, 0.25) is 0 Å². The van der Waals surface area contributed by atoms with E-state index in [0.717, 1.165) is 23.4 Å². The summed E-state index contributed by atoms with van der Waals surface area (Å²) in [5, 5.41) is 3.49. The first-order valence-corrected chi connectivity index (χ1v) is 7.85. The van der Waals surface area contributed by atoms with Crippen molar-refractivity contribution in [1.82, 2.24) is 5.32 Å². The van der Waals surface area contributed by atoms with E-state index in [1.165, 1.54) is 10.5 Å². The number of halogens is 1. The van der Waals surface area contributed by atoms with E-state index in [0.29, 0.717) is 0 Å². The number of nitrogens with one attached hydrogen (secondary N) is 1. The fourth-order valence-electron chi connectivity index (χ4n) is 1.37. The molecule has 0 aliphatic heterocycles. The maximum absolute atomic E-state index is 5.06. The van der Waals surface area contributed by atoms with Crippen molar-refractivity contribution in [2.75, 3.05) is 19.5 Å². The van der Waals surface area contributed by atoms with Crippen LogP contribution in [0.3, 0.4) is 0 Å². The summed E-state index contributed by atoms with van der Waals surface area (Å²) in [4.78, 5) is 1.27. The van der Waals surface area contributed by atoms with E-state index in [9.17, 15) is 0 Å². The number of hydrogen-bond donors (Lipinski definition) is 1. The van der Waals surface area contributed by atoms with Crippen LogP contribution in [0.4, 0.5) is 0 Å². The molecule has 0 fully saturated rings. The highest BCUT2D eigenvalue weighted by Crippen LogP contribution is 2.28. The summed E-state index contributed by atoms with van der Waals surface area (Å²) < 4.78 is 6.22. The normalized spacial score (nSPS) is 11.8. The van der Waals surface area contributed by atoms with Crippen molar-refractivity contribution in [1.29, 1.82) is 0 Å². The largest absolute Gasteiger partial charge is 0.384 e. The highest BCUT2D eigenvalue weighted by molar-refractivity contribution is 9.10. The predicted octanol–water partition coefficient (Wildman–Crippen LogP) is 4.08. The maximum atomic E-state index is 5.06. The Morgan fingerprint density at radius 2 is 2.06 bits per heavy atom. The minimum absolute atomic E-state index is 0.151. The molecule has 0 aromatic heterocycles. The van der Waals surface area contributed by atoms with E-state index in [4.69, 9.17) is 4.74 Å². The molecular weight excluding hydrogens is 310 g/mol. The van der Waals surface area contributed by atoms with Crippen molar-refractivity contribution in [3.05, 3.63) is 28.2 Å². The minimum Gasteiger partial charge on any atom is -0.384 e. The van der Waals surface area contributed by atoms with Crippen LogP contribution >= 0.6 is 27.7 Å². The van der Waals surface area contributed by atoms with Gasteiger partial charge in [-0.05, 0) is 54.4 Å². The highest BCUT2D eigenvalue weighted by atomic mass is 79.9. The van der Waals surface area contributed by atoms with E-state index in [2.05, 4.69) is 60.2 Å². The van der Waals surface area contributed by atoms with E-state index in [-0.39, 0.29) is 5.54 Å². The van der Waals surface area contributed by atoms with Crippen molar-refractivity contribution in [2.24, 2.45) is 0 Å². The summed E-state index contributed by atoms with van der Waals surface area (Å²) in [7, 11) is 1.73. The third kappa shape index (κ3) is 6.23. The Kier molecular flexibility index (Phi) is 6.71. The summed E-state index contributed by atoms with van der Waals surface area (Å²) >= 11 is 5.44. The molecule has 0 amide bonds. The summed E-state index contributed by atoms with van der Waals surface area (Å²) in [5.74, 6) is 0.981. The molecule has 1 rings (SSSR count). The van der Waals surface area contributed by atoms with Gasteiger partial charge < -0.3 is 10.1 Å². The van der Waals surface area contributed by atoms with Crippen LogP contribution in [0.5, 0.6) is 0 Å². The zero-order valence-corrected chi connectivity index (χ0v) is 14.0. The molecule has 0 heterocycles. The average molecular weight is 332 g/mol. The fourth-order valence-corrected chi connectivity index (χ4v) is 2.97. The first-order chi connectivity index (χ1) is 8.42. The molecule has 0 aliphatic rings. The second-order valence-electron chi connectivity index (χ2n) is 5.21. The summed E-state index contributed by atoms with van der Waals surface area (Å²) in [5.41, 5.74) is 1.45. The van der Waals surface area contributed by atoms with Crippen molar-refractivity contribution in [2.45, 2.75) is 37.8 Å². The summed E-state index contributed by atoms with van der Waals surface area (Å²) in [6.07, 6.45) is 0. The molecule has 2 nitrogen and oxygen atoms in total. The minimum atomic E-state index is 0.151. The lowest BCUT2D eigenvalue weighted by Crippen LogP contribution is -2.35. The quantitative estimate of drug-likeness (QED) is 0.627. The third-order valence-corrected chi connectivity index (χ3v) is 4.32. The molecule has 0 bridgehead atoms. The molecule has 0 spiro atoms. The Bertz CT molecular complexity index is 377. The molecular formula is C14H22BrNOS. The van der Waals surface area contributed by atoms with Crippen LogP contribution < -0.4 is 5.32 Å². The molecule has 102 valence electrons. The zero-order valence-electron chi connectivity index (χ0n) is 11.5. The Balaban J connectivity index is 2.56. The van der Waals surface area contributed by atoms with E-state index < -0.39 is 0 Å². The number of methoxy groups -OCH3 is 1. The van der Waals surface area contributed by atoms with Crippen molar-refractivity contribution in [3.63, 3.8) is 0 Å². The van der Waals surface area contributed by atoms with Gasteiger partial charge in [-0.3, -0.25) is 0 Å². The van der Waals surface area contributed by atoms with Crippen LogP contribution in [0.1, 0.15) is 26.3 Å². The standard InChI is InChI=1S/C14H22BrNOS/c1-14(2,3)16-10-11-5-6-13(12(15)9-11)18-8-7-17-4/h5-6,9,16H,7-8,10H2,1-4H3. The molecule has 18 heavy (non-hydrogen) atoms. The molecule has 0 saturated carbocycles. The third-order valence-electron chi connectivity index (χ3n) is 2.36. The highest BCUT2D eigenvalue weighted by Gasteiger charge is 2.09. The number of thioether (sulfide) groups is 1. The Morgan fingerprint density at radius 3 is 2.61 bits per heavy atom. The smallest absolute Gasteiger partial charge is 0.0556 e. The lowest BCUT2D eigenvalue weighted by atomic mass is 10.1. The first kappa shape index (κ1) is 16.0. The molecule has 0 atom stereocenters. The Hall–Kier alpha value is -0.0300. The predicted molar refractivity (Wildman–Crippen MR) is 83.3 cm³/mol. The van der Waals surface area contributed by atoms with Gasteiger partial charge >= 0.3 is 0 Å². The van der Waals surface area contributed by atoms with E-state index in [1.54, 1.807) is 7.11 Å². The average Bonchev–Trinajstić information content (AvgIpc) is 2.28. The second kappa shape index (κ2) is 7.53. The van der Waals surface area contributed by atoms with E-state index >= 15 is 0 Å². The van der Waals surface area contributed by atoms with Gasteiger partial charge in [0.25, 0.3) is 0 Å². The van der Waals surface area contributed by atoms with Gasteiger partial charge in [0.05, 0.1) is 6.61 Å². The lowest BCUT2D eigenvalue weighted by Gasteiger charge is -2.20. The zero-order chi connectivity index (χ0) is 13.6. The molecule has 0 radical (unpaired) electrons. The van der Waals surface area contributed by atoms with Crippen LogP contribution in [0.15, 0.2) is 27.6 Å². The fraction of sp³-hybridized carbons (Fsp3) is 0.571. The topological polar surface area (TPSA) is 21.3 Å². The number of benzene rings is 1. The Labute approximate surface area is 123 Å². The van der Waals surface area contributed by atoms with Gasteiger partial charge in [0, 0.05) is 34.3 Å². The molecule has 0 aliphatic carbocycles. The monoisotopic (exact) mass is 331 g/mol. The van der Waals surface area contributed by atoms with Crippen LogP contribution in [0.25, 0.3) is 0 Å². The lowest BCUT2D eigenvalue weighted by molar-refractivity contribution is 0.218. The molecule has 1 N–H and O–H groups in total. The van der Waals surface area contributed by atoms with Crippen LogP contribution in [0, 0.1) is 0 Å². The molecule has 0 saturated heterocycles. The van der Waals surface area contributed by atoms with Crippen molar-refractivity contribution in [3.8, 4) is 0 Å². The van der Waals surface area contributed by atoms with Gasteiger partial charge in [0.15, 0.2) is 0 Å². The van der Waals surface area contributed by atoms with Gasteiger partial charge in [-0.2, -0.15) is 0 Å². The van der Waals surface area contributed by atoms with Gasteiger partial charge in [-0.25, -0.2) is 0 Å². The van der Waals surface area contributed by atoms with Crippen LogP contribution in [-0.2, 0) is 11.3 Å². The SMILES string of the molecule is COCCSc1ccc(CNC(C)(C)C)cc1Br. The maximum Gasteiger partial charge on any atom is 0.0556 e. The number of hydrogen-bond acceptors (Lipinski definition) is 3. The van der Waals surface area contributed by atoms with Crippen LogP contribution in [0.2, 0.25) is 0 Å². The molecule has 4 heteroatoms. The first-order valence-electron chi connectivity index (χ1n) is 6.07. The van der Waals surface area contributed by atoms with Crippen molar-refractivity contribution < 1.29 is 4.74 Å². The van der Waals surface area contributed by atoms with Gasteiger partial charge in [-0.1, -0.05) is 6.07 Å². The van der Waals surface area contributed by atoms with Gasteiger partial charge in [-0.15, -0.1) is 11.8 Å². The van der Waals surface area contributed by atoms with Gasteiger partial charge in [0.1, 0.15) is 0 Å². The molecule has 0 unspecified atom stereocenters. The summed E-state index contributed by atoms with van der Waals surface area (Å²) in [6, 6.07) is 6.54.